The van der Waals surface area contributed by atoms with E-state index < -0.39 is 0 Å². The average Bonchev–Trinajstić information content (AvgIpc) is 3.24. The smallest absolute Gasteiger partial charge is 0.240 e. The molecule has 0 bridgehead atoms. The lowest BCUT2D eigenvalue weighted by Crippen LogP contribution is -2.31. The molecule has 1 amide bonds. The van der Waals surface area contributed by atoms with Crippen molar-refractivity contribution < 1.29 is 4.79 Å². The summed E-state index contributed by atoms with van der Waals surface area (Å²) in [5.74, 6) is 1.43. The maximum atomic E-state index is 12.4. The van der Waals surface area contributed by atoms with Gasteiger partial charge in [-0.3, -0.25) is 4.79 Å². The summed E-state index contributed by atoms with van der Waals surface area (Å²) in [5.41, 5.74) is 0.981. The van der Waals surface area contributed by atoms with Crippen LogP contribution in [0.15, 0.2) is 49.1 Å². The topological polar surface area (TPSA) is 77.6 Å². The van der Waals surface area contributed by atoms with Gasteiger partial charge < -0.3 is 9.88 Å². The number of nitrogens with one attached hydrogen (secondary N) is 1. The largest absolute Gasteiger partial charge is 0.345 e. The number of aromatic nitrogens is 5. The fraction of sp³-hybridized carbons (Fsp3) is 0.294. The SMILES string of the molecule is CCn1ncnc1C(C)NC(=O)Cn1ccnc1-c1ccccc1. The van der Waals surface area contributed by atoms with Crippen LogP contribution in [0.25, 0.3) is 11.4 Å². The van der Waals surface area contributed by atoms with Crippen molar-refractivity contribution in [2.45, 2.75) is 33.0 Å². The normalized spacial score (nSPS) is 12.1. The lowest BCUT2D eigenvalue weighted by Gasteiger charge is -2.15. The Labute approximate surface area is 140 Å². The van der Waals surface area contributed by atoms with Crippen LogP contribution in [-0.2, 0) is 17.9 Å². The van der Waals surface area contributed by atoms with Gasteiger partial charge in [0.2, 0.25) is 5.91 Å². The van der Waals surface area contributed by atoms with Gasteiger partial charge in [-0.05, 0) is 13.8 Å². The van der Waals surface area contributed by atoms with E-state index in [0.29, 0.717) is 0 Å². The minimum Gasteiger partial charge on any atom is -0.345 e. The lowest BCUT2D eigenvalue weighted by molar-refractivity contribution is -0.122. The van der Waals surface area contributed by atoms with Crippen molar-refractivity contribution in [3.8, 4) is 11.4 Å². The highest BCUT2D eigenvalue weighted by atomic mass is 16.2. The van der Waals surface area contributed by atoms with Crippen LogP contribution >= 0.6 is 0 Å². The summed E-state index contributed by atoms with van der Waals surface area (Å²) in [6.07, 6.45) is 5.01. The van der Waals surface area contributed by atoms with Crippen LogP contribution in [-0.4, -0.2) is 30.2 Å². The van der Waals surface area contributed by atoms with Crippen LogP contribution in [0, 0.1) is 0 Å². The van der Waals surface area contributed by atoms with Crippen molar-refractivity contribution in [3.63, 3.8) is 0 Å². The molecule has 2 aromatic heterocycles. The summed E-state index contributed by atoms with van der Waals surface area (Å²) in [6.45, 7) is 4.81. The monoisotopic (exact) mass is 324 g/mol. The fourth-order valence-corrected chi connectivity index (χ4v) is 2.64. The molecule has 0 saturated carbocycles. The molecule has 2 heterocycles. The summed E-state index contributed by atoms with van der Waals surface area (Å²) < 4.78 is 3.61. The first kappa shape index (κ1) is 15.9. The quantitative estimate of drug-likeness (QED) is 0.752. The summed E-state index contributed by atoms with van der Waals surface area (Å²) in [7, 11) is 0. The molecule has 0 fully saturated rings. The standard InChI is InChI=1S/C17H20N6O/c1-3-23-16(19-12-20-23)13(2)21-15(24)11-22-10-9-18-17(22)14-7-5-4-6-8-14/h4-10,12-13H,3,11H2,1-2H3,(H,21,24). The molecule has 0 aliphatic heterocycles. The molecule has 0 aliphatic rings. The van der Waals surface area contributed by atoms with E-state index in [9.17, 15) is 4.79 Å². The first-order valence-corrected chi connectivity index (χ1v) is 7.92. The second-order valence-corrected chi connectivity index (χ2v) is 5.47. The Bertz CT molecular complexity index is 807. The Morgan fingerprint density at radius 1 is 1.25 bits per heavy atom. The summed E-state index contributed by atoms with van der Waals surface area (Å²) in [6, 6.07) is 9.60. The first-order chi connectivity index (χ1) is 11.7. The van der Waals surface area contributed by atoms with Crippen molar-refractivity contribution in [2.75, 3.05) is 0 Å². The van der Waals surface area contributed by atoms with Gasteiger partial charge in [-0.1, -0.05) is 30.3 Å². The molecule has 0 spiro atoms. The van der Waals surface area contributed by atoms with E-state index in [4.69, 9.17) is 0 Å². The molecular weight excluding hydrogens is 304 g/mol. The zero-order chi connectivity index (χ0) is 16.9. The highest BCUT2D eigenvalue weighted by molar-refractivity contribution is 5.76. The van der Waals surface area contributed by atoms with Crippen molar-refractivity contribution in [1.82, 2.24) is 29.6 Å². The molecule has 3 aromatic rings. The zero-order valence-corrected chi connectivity index (χ0v) is 13.8. The second-order valence-electron chi connectivity index (χ2n) is 5.47. The molecule has 124 valence electrons. The van der Waals surface area contributed by atoms with Gasteiger partial charge in [0.05, 0.1) is 6.04 Å². The summed E-state index contributed by atoms with van der Waals surface area (Å²) in [4.78, 5) is 21.0. The summed E-state index contributed by atoms with van der Waals surface area (Å²) in [5, 5.41) is 7.09. The Hall–Kier alpha value is -2.96. The third-order valence-electron chi connectivity index (χ3n) is 3.77. The maximum absolute atomic E-state index is 12.4. The van der Waals surface area contributed by atoms with Crippen LogP contribution in [0.1, 0.15) is 25.7 Å². The average molecular weight is 324 g/mol. The van der Waals surface area contributed by atoms with Gasteiger partial charge in [-0.25, -0.2) is 14.6 Å². The van der Waals surface area contributed by atoms with Gasteiger partial charge in [0.1, 0.15) is 24.5 Å². The molecular formula is C17H20N6O. The predicted octanol–water partition coefficient (Wildman–Crippen LogP) is 2.04. The van der Waals surface area contributed by atoms with Crippen molar-refractivity contribution in [2.24, 2.45) is 0 Å². The highest BCUT2D eigenvalue weighted by Gasteiger charge is 2.16. The van der Waals surface area contributed by atoms with Gasteiger partial charge in [0.15, 0.2) is 0 Å². The number of hydrogen-bond acceptors (Lipinski definition) is 4. The number of amides is 1. The number of imidazole rings is 1. The van der Waals surface area contributed by atoms with E-state index in [1.807, 2.05) is 48.7 Å². The van der Waals surface area contributed by atoms with E-state index in [1.165, 1.54) is 6.33 Å². The van der Waals surface area contributed by atoms with Crippen molar-refractivity contribution in [3.05, 3.63) is 54.9 Å². The molecule has 1 aromatic carbocycles. The molecule has 3 rings (SSSR count). The predicted molar refractivity (Wildman–Crippen MR) is 89.9 cm³/mol. The molecule has 1 N–H and O–H groups in total. The van der Waals surface area contributed by atoms with E-state index >= 15 is 0 Å². The Morgan fingerprint density at radius 2 is 2.04 bits per heavy atom. The van der Waals surface area contributed by atoms with Crippen LogP contribution < -0.4 is 5.32 Å². The number of aryl methyl sites for hydroxylation is 1. The molecule has 24 heavy (non-hydrogen) atoms. The van der Waals surface area contributed by atoms with E-state index in [2.05, 4.69) is 20.4 Å². The Kier molecular flexibility index (Phi) is 4.69. The maximum Gasteiger partial charge on any atom is 0.240 e. The minimum absolute atomic E-state index is 0.0941. The van der Waals surface area contributed by atoms with Crippen LogP contribution in [0.3, 0.4) is 0 Å². The fourth-order valence-electron chi connectivity index (χ4n) is 2.64. The van der Waals surface area contributed by atoms with Gasteiger partial charge in [0.25, 0.3) is 0 Å². The number of carbonyl (C=O) groups is 1. The molecule has 0 aliphatic carbocycles. The number of hydrogen-bond donors (Lipinski definition) is 1. The Morgan fingerprint density at radius 3 is 2.79 bits per heavy atom. The first-order valence-electron chi connectivity index (χ1n) is 7.92. The second kappa shape index (κ2) is 7.08. The van der Waals surface area contributed by atoms with Crippen molar-refractivity contribution >= 4 is 5.91 Å². The molecule has 7 heteroatoms. The Balaban J connectivity index is 1.69. The van der Waals surface area contributed by atoms with Gasteiger partial charge in [-0.15, -0.1) is 0 Å². The van der Waals surface area contributed by atoms with E-state index in [-0.39, 0.29) is 18.5 Å². The molecule has 0 radical (unpaired) electrons. The minimum atomic E-state index is -0.205. The van der Waals surface area contributed by atoms with Crippen LogP contribution in [0.5, 0.6) is 0 Å². The van der Waals surface area contributed by atoms with Gasteiger partial charge in [0, 0.05) is 24.5 Å². The highest BCUT2D eigenvalue weighted by Crippen LogP contribution is 2.16. The third kappa shape index (κ3) is 3.34. The van der Waals surface area contributed by atoms with Gasteiger partial charge in [-0.2, -0.15) is 5.10 Å². The molecule has 1 unspecified atom stereocenters. The van der Waals surface area contributed by atoms with Crippen molar-refractivity contribution in [1.29, 1.82) is 0 Å². The number of benzene rings is 1. The zero-order valence-electron chi connectivity index (χ0n) is 13.8. The number of carbonyl (C=O) groups excluding carboxylic acids is 1. The third-order valence-corrected chi connectivity index (χ3v) is 3.77. The van der Waals surface area contributed by atoms with E-state index in [1.54, 1.807) is 17.1 Å². The number of nitrogens with zero attached hydrogens (tertiary/aromatic N) is 5. The van der Waals surface area contributed by atoms with Gasteiger partial charge >= 0.3 is 0 Å². The number of rotatable bonds is 6. The van der Waals surface area contributed by atoms with E-state index in [0.717, 1.165) is 23.8 Å². The summed E-state index contributed by atoms with van der Waals surface area (Å²) >= 11 is 0. The van der Waals surface area contributed by atoms with Crippen LogP contribution in [0.4, 0.5) is 0 Å². The molecule has 1 atom stereocenters. The lowest BCUT2D eigenvalue weighted by atomic mass is 10.2. The molecule has 7 nitrogen and oxygen atoms in total. The van der Waals surface area contributed by atoms with Crippen LogP contribution in [0.2, 0.25) is 0 Å². The molecule has 0 saturated heterocycles.